The van der Waals surface area contributed by atoms with Crippen molar-refractivity contribution >= 4 is 0 Å². The van der Waals surface area contributed by atoms with Crippen molar-refractivity contribution in [2.75, 3.05) is 27.1 Å². The average Bonchev–Trinajstić information content (AvgIpc) is 2.83. The highest BCUT2D eigenvalue weighted by Crippen LogP contribution is 2.38. The molecule has 18 heavy (non-hydrogen) atoms. The molecule has 0 radical (unpaired) electrons. The molecule has 1 heterocycles. The fourth-order valence-electron chi connectivity index (χ4n) is 1.73. The lowest BCUT2D eigenvalue weighted by molar-refractivity contribution is 0.0712. The van der Waals surface area contributed by atoms with Gasteiger partial charge in [-0.2, -0.15) is 0 Å². The molecule has 0 spiro atoms. The van der Waals surface area contributed by atoms with Crippen LogP contribution >= 0.6 is 0 Å². The zero-order chi connectivity index (χ0) is 13.0. The predicted octanol–water partition coefficient (Wildman–Crippen LogP) is 1.33. The second-order valence-electron chi connectivity index (χ2n) is 4.21. The molecule has 1 aliphatic rings. The van der Waals surface area contributed by atoms with E-state index < -0.39 is 0 Å². The monoisotopic (exact) mass is 253 g/mol. The maximum Gasteiger partial charge on any atom is 0.231 e. The van der Waals surface area contributed by atoms with E-state index in [4.69, 9.17) is 24.7 Å². The van der Waals surface area contributed by atoms with E-state index in [9.17, 15) is 0 Å². The van der Waals surface area contributed by atoms with Gasteiger partial charge in [-0.15, -0.1) is 0 Å². The van der Waals surface area contributed by atoms with E-state index in [1.165, 1.54) is 0 Å². The number of methoxy groups -OCH3 is 1. The summed E-state index contributed by atoms with van der Waals surface area (Å²) in [6, 6.07) is 3.79. The lowest BCUT2D eigenvalue weighted by Gasteiger charge is -2.15. The van der Waals surface area contributed by atoms with Crippen molar-refractivity contribution in [3.8, 4) is 17.2 Å². The van der Waals surface area contributed by atoms with E-state index >= 15 is 0 Å². The SMILES string of the molecule is COC(C)COc1cc2c(cc1CCN)OCO2. The van der Waals surface area contributed by atoms with Crippen molar-refractivity contribution in [2.24, 2.45) is 5.73 Å². The largest absolute Gasteiger partial charge is 0.490 e. The van der Waals surface area contributed by atoms with Gasteiger partial charge in [-0.1, -0.05) is 0 Å². The molecule has 2 N–H and O–H groups in total. The molecule has 1 aliphatic heterocycles. The average molecular weight is 253 g/mol. The predicted molar refractivity (Wildman–Crippen MR) is 67.3 cm³/mol. The summed E-state index contributed by atoms with van der Waals surface area (Å²) in [6.07, 6.45) is 0.786. The summed E-state index contributed by atoms with van der Waals surface area (Å²) in [5.74, 6) is 2.26. The smallest absolute Gasteiger partial charge is 0.231 e. The summed E-state index contributed by atoms with van der Waals surface area (Å²) in [6.45, 7) is 3.27. The number of hydrogen-bond acceptors (Lipinski definition) is 5. The molecule has 0 aliphatic carbocycles. The van der Waals surface area contributed by atoms with Crippen LogP contribution in [0.4, 0.5) is 0 Å². The van der Waals surface area contributed by atoms with Crippen LogP contribution in [-0.2, 0) is 11.2 Å². The molecular formula is C13H19NO4. The molecule has 100 valence electrons. The van der Waals surface area contributed by atoms with Crippen LogP contribution in [0.3, 0.4) is 0 Å². The third kappa shape index (κ3) is 2.86. The van der Waals surface area contributed by atoms with Gasteiger partial charge in [-0.05, 0) is 31.5 Å². The molecule has 1 unspecified atom stereocenters. The van der Waals surface area contributed by atoms with Gasteiger partial charge in [0.2, 0.25) is 6.79 Å². The van der Waals surface area contributed by atoms with Crippen molar-refractivity contribution in [3.05, 3.63) is 17.7 Å². The number of rotatable bonds is 6. The molecule has 2 rings (SSSR count). The van der Waals surface area contributed by atoms with Crippen LogP contribution in [0.1, 0.15) is 12.5 Å². The van der Waals surface area contributed by atoms with E-state index in [1.54, 1.807) is 7.11 Å². The van der Waals surface area contributed by atoms with Crippen LogP contribution in [0.25, 0.3) is 0 Å². The second-order valence-corrected chi connectivity index (χ2v) is 4.21. The van der Waals surface area contributed by atoms with Crippen LogP contribution in [0.15, 0.2) is 12.1 Å². The summed E-state index contributed by atoms with van der Waals surface area (Å²) in [5, 5.41) is 0. The minimum absolute atomic E-state index is 0.0427. The molecule has 0 saturated carbocycles. The van der Waals surface area contributed by atoms with Gasteiger partial charge in [0.15, 0.2) is 11.5 Å². The summed E-state index contributed by atoms with van der Waals surface area (Å²) < 4.78 is 21.6. The first-order valence-electron chi connectivity index (χ1n) is 6.02. The van der Waals surface area contributed by atoms with E-state index in [-0.39, 0.29) is 12.9 Å². The third-order valence-electron chi connectivity index (χ3n) is 2.85. The second kappa shape index (κ2) is 5.93. The van der Waals surface area contributed by atoms with E-state index in [0.717, 1.165) is 29.2 Å². The lowest BCUT2D eigenvalue weighted by atomic mass is 10.1. The number of fused-ring (bicyclic) bond motifs is 1. The van der Waals surface area contributed by atoms with Gasteiger partial charge in [-0.3, -0.25) is 0 Å². The first-order valence-corrected chi connectivity index (χ1v) is 6.02. The highest BCUT2D eigenvalue weighted by Gasteiger charge is 2.18. The van der Waals surface area contributed by atoms with Gasteiger partial charge in [0, 0.05) is 13.2 Å². The Kier molecular flexibility index (Phi) is 4.28. The minimum Gasteiger partial charge on any atom is -0.490 e. The number of hydrogen-bond donors (Lipinski definition) is 1. The van der Waals surface area contributed by atoms with Crippen molar-refractivity contribution in [3.63, 3.8) is 0 Å². The highest BCUT2D eigenvalue weighted by atomic mass is 16.7. The summed E-state index contributed by atoms with van der Waals surface area (Å²) >= 11 is 0. The van der Waals surface area contributed by atoms with Crippen LogP contribution < -0.4 is 19.9 Å². The van der Waals surface area contributed by atoms with Gasteiger partial charge in [-0.25, -0.2) is 0 Å². The molecule has 0 fully saturated rings. The van der Waals surface area contributed by atoms with Gasteiger partial charge in [0.25, 0.3) is 0 Å². The molecule has 0 bridgehead atoms. The first-order chi connectivity index (χ1) is 8.74. The fraction of sp³-hybridized carbons (Fsp3) is 0.538. The fourth-order valence-corrected chi connectivity index (χ4v) is 1.73. The summed E-state index contributed by atoms with van der Waals surface area (Å²) in [5.41, 5.74) is 6.64. The Labute approximate surface area is 107 Å². The van der Waals surface area contributed by atoms with E-state index in [0.29, 0.717) is 13.2 Å². The molecule has 0 saturated heterocycles. The van der Waals surface area contributed by atoms with Crippen LogP contribution in [-0.4, -0.2) is 33.2 Å². The molecule has 1 aromatic carbocycles. The van der Waals surface area contributed by atoms with Gasteiger partial charge < -0.3 is 24.7 Å². The van der Waals surface area contributed by atoms with Crippen molar-refractivity contribution in [1.82, 2.24) is 0 Å². The molecule has 5 nitrogen and oxygen atoms in total. The Balaban J connectivity index is 2.15. The normalized spacial score (nSPS) is 14.6. The van der Waals surface area contributed by atoms with Crippen LogP contribution in [0.2, 0.25) is 0 Å². The number of nitrogens with two attached hydrogens (primary N) is 1. The molecule has 5 heteroatoms. The Bertz CT molecular complexity index is 408. The maximum atomic E-state index is 5.75. The Morgan fingerprint density at radius 1 is 1.33 bits per heavy atom. The van der Waals surface area contributed by atoms with E-state index in [1.807, 2.05) is 19.1 Å². The standard InChI is InChI=1S/C13H19NO4/c1-9(15-2)7-16-11-6-13-12(17-8-18-13)5-10(11)3-4-14/h5-6,9H,3-4,7-8,14H2,1-2H3. The van der Waals surface area contributed by atoms with Gasteiger partial charge >= 0.3 is 0 Å². The molecule has 1 atom stereocenters. The third-order valence-corrected chi connectivity index (χ3v) is 2.85. The quantitative estimate of drug-likeness (QED) is 0.828. The minimum atomic E-state index is 0.0427. The zero-order valence-electron chi connectivity index (χ0n) is 10.8. The van der Waals surface area contributed by atoms with Crippen molar-refractivity contribution < 1.29 is 18.9 Å². The molecule has 0 aromatic heterocycles. The molecule has 0 amide bonds. The zero-order valence-corrected chi connectivity index (χ0v) is 10.8. The van der Waals surface area contributed by atoms with Crippen molar-refractivity contribution in [1.29, 1.82) is 0 Å². The number of benzene rings is 1. The lowest BCUT2D eigenvalue weighted by Crippen LogP contribution is -2.17. The number of ether oxygens (including phenoxy) is 4. The van der Waals surface area contributed by atoms with Crippen LogP contribution in [0.5, 0.6) is 17.2 Å². The Morgan fingerprint density at radius 3 is 2.72 bits per heavy atom. The van der Waals surface area contributed by atoms with E-state index in [2.05, 4.69) is 0 Å². The molecular weight excluding hydrogens is 234 g/mol. The Hall–Kier alpha value is -1.46. The first kappa shape index (κ1) is 13.0. The summed E-state index contributed by atoms with van der Waals surface area (Å²) in [4.78, 5) is 0. The van der Waals surface area contributed by atoms with Gasteiger partial charge in [0.05, 0.1) is 6.10 Å². The maximum absolute atomic E-state index is 5.75. The van der Waals surface area contributed by atoms with Crippen LogP contribution in [0, 0.1) is 0 Å². The Morgan fingerprint density at radius 2 is 2.06 bits per heavy atom. The van der Waals surface area contributed by atoms with Gasteiger partial charge in [0.1, 0.15) is 12.4 Å². The highest BCUT2D eigenvalue weighted by molar-refractivity contribution is 5.52. The molecule has 1 aromatic rings. The topological polar surface area (TPSA) is 62.9 Å². The summed E-state index contributed by atoms with van der Waals surface area (Å²) in [7, 11) is 1.66. The van der Waals surface area contributed by atoms with Crippen molar-refractivity contribution in [2.45, 2.75) is 19.4 Å².